The summed E-state index contributed by atoms with van der Waals surface area (Å²) in [5.41, 5.74) is 0.972. The lowest BCUT2D eigenvalue weighted by Crippen LogP contribution is -2.34. The van der Waals surface area contributed by atoms with Crippen molar-refractivity contribution in [1.29, 1.82) is 0 Å². The van der Waals surface area contributed by atoms with E-state index < -0.39 is 18.8 Å². The molecule has 39 heavy (non-hydrogen) atoms. The van der Waals surface area contributed by atoms with E-state index in [9.17, 15) is 9.59 Å². The van der Waals surface area contributed by atoms with Crippen LogP contribution in [0.4, 0.5) is 0 Å². The zero-order valence-corrected chi connectivity index (χ0v) is 22.9. The summed E-state index contributed by atoms with van der Waals surface area (Å²) >= 11 is 0. The average molecular weight is 536 g/mol. The number of esters is 1. The van der Waals surface area contributed by atoms with Gasteiger partial charge in [-0.2, -0.15) is 0 Å². The maximum atomic E-state index is 14.1. The number of Topliss-reactive ketones (excluding diaryl/α,β-unsaturated/α-hetero) is 1. The quantitative estimate of drug-likeness (QED) is 0.156. The first-order chi connectivity index (χ1) is 19.0. The predicted molar refractivity (Wildman–Crippen MR) is 158 cm³/mol. The van der Waals surface area contributed by atoms with Crippen molar-refractivity contribution in [1.82, 2.24) is 0 Å². The third-order valence-corrected chi connectivity index (χ3v) is 10.7. The molecule has 0 heterocycles. The summed E-state index contributed by atoms with van der Waals surface area (Å²) in [5.74, 6) is -0.836. The number of hydrogen-bond acceptors (Lipinski definition) is 4. The normalized spacial score (nSPS) is 11.6. The SMILES string of the molecule is [C-]#[N+]C(C(=O)[C@@H](C)CC(=O)OCc1ccc(OC)cc1)=P(c1ccccc1)(c1ccccc1)c1ccccc1. The lowest BCUT2D eigenvalue weighted by Gasteiger charge is -2.30. The Morgan fingerprint density at radius 1 is 0.769 bits per heavy atom. The molecule has 196 valence electrons. The van der Waals surface area contributed by atoms with E-state index in [2.05, 4.69) is 4.85 Å². The minimum atomic E-state index is -2.84. The second kappa shape index (κ2) is 12.9. The fraction of sp³-hybridized carbons (Fsp3) is 0.152. The molecule has 0 amide bonds. The summed E-state index contributed by atoms with van der Waals surface area (Å²) in [4.78, 5) is 30.8. The van der Waals surface area contributed by atoms with Gasteiger partial charge in [-0.25, -0.2) is 4.85 Å². The van der Waals surface area contributed by atoms with Crippen LogP contribution < -0.4 is 20.7 Å². The Bertz CT molecular complexity index is 1410. The number of carbonyl (C=O) groups is 2. The van der Waals surface area contributed by atoms with Crippen LogP contribution in [0.3, 0.4) is 0 Å². The molecule has 4 rings (SSSR count). The van der Waals surface area contributed by atoms with E-state index in [-0.39, 0.29) is 24.2 Å². The van der Waals surface area contributed by atoms with Gasteiger partial charge in [0.25, 0.3) is 0 Å². The van der Waals surface area contributed by atoms with Crippen LogP contribution in [0.1, 0.15) is 18.9 Å². The molecular weight excluding hydrogens is 505 g/mol. The van der Waals surface area contributed by atoms with Crippen LogP contribution in [0.15, 0.2) is 115 Å². The van der Waals surface area contributed by atoms with Gasteiger partial charge in [-0.15, -0.1) is 0 Å². The fourth-order valence-electron chi connectivity index (χ4n) is 4.57. The van der Waals surface area contributed by atoms with Crippen molar-refractivity contribution < 1.29 is 19.1 Å². The van der Waals surface area contributed by atoms with Crippen molar-refractivity contribution in [2.24, 2.45) is 5.92 Å². The van der Waals surface area contributed by atoms with Gasteiger partial charge in [0, 0.05) is 5.92 Å². The van der Waals surface area contributed by atoms with Gasteiger partial charge in [-0.3, -0.25) is 4.79 Å². The zero-order chi connectivity index (χ0) is 27.7. The second-order valence-corrected chi connectivity index (χ2v) is 12.4. The maximum Gasteiger partial charge on any atom is 0.306 e. The van der Waals surface area contributed by atoms with E-state index in [1.165, 1.54) is 0 Å². The van der Waals surface area contributed by atoms with E-state index in [0.717, 1.165) is 21.5 Å². The summed E-state index contributed by atoms with van der Waals surface area (Å²) in [7, 11) is 1.59. The smallest absolute Gasteiger partial charge is 0.306 e. The number of ether oxygens (including phenoxy) is 2. The minimum absolute atomic E-state index is 0.0953. The van der Waals surface area contributed by atoms with Gasteiger partial charge in [-0.05, 0) is 40.5 Å². The monoisotopic (exact) mass is 535 g/mol. The first kappa shape index (κ1) is 27.6. The molecule has 0 radical (unpaired) electrons. The van der Waals surface area contributed by atoms with E-state index in [0.29, 0.717) is 5.75 Å². The first-order valence-electron chi connectivity index (χ1n) is 12.6. The number of ketones is 1. The highest BCUT2D eigenvalue weighted by Crippen LogP contribution is 2.47. The van der Waals surface area contributed by atoms with Gasteiger partial charge in [0.1, 0.15) is 12.4 Å². The molecule has 4 aromatic rings. The van der Waals surface area contributed by atoms with Gasteiger partial charge < -0.3 is 14.3 Å². The summed E-state index contributed by atoms with van der Waals surface area (Å²) < 4.78 is 10.6. The van der Waals surface area contributed by atoms with Gasteiger partial charge in [0.2, 0.25) is 5.42 Å². The molecule has 0 saturated heterocycles. The Labute approximate surface area is 229 Å². The lowest BCUT2D eigenvalue weighted by atomic mass is 10.0. The third kappa shape index (κ3) is 6.03. The van der Waals surface area contributed by atoms with Crippen LogP contribution in [0, 0.1) is 12.5 Å². The minimum Gasteiger partial charge on any atom is -0.497 e. The van der Waals surface area contributed by atoms with Crippen molar-refractivity contribution in [2.75, 3.05) is 7.11 Å². The van der Waals surface area contributed by atoms with Gasteiger partial charge in [-0.1, -0.05) is 110 Å². The largest absolute Gasteiger partial charge is 0.497 e. The standard InChI is InChI=1S/C33H30NO4P/c1-25(23-31(35)38-24-26-19-21-27(37-3)22-20-26)32(36)33(34-2)39(28-13-7-4-8-14-28,29-15-9-5-10-16-29)30-17-11-6-12-18-30/h4-22,25H,23-24H2,1,3H3/t25-/m0/s1. The summed E-state index contributed by atoms with van der Waals surface area (Å²) in [6.07, 6.45) is -0.119. The molecule has 0 aliphatic carbocycles. The van der Waals surface area contributed by atoms with E-state index in [4.69, 9.17) is 16.0 Å². The number of nitrogens with zero attached hydrogens (tertiary/aromatic N) is 1. The summed E-state index contributed by atoms with van der Waals surface area (Å²) in [6, 6.07) is 36.5. The van der Waals surface area contributed by atoms with Crippen molar-refractivity contribution >= 4 is 40.0 Å². The Kier molecular flexibility index (Phi) is 9.15. The average Bonchev–Trinajstić information content (AvgIpc) is 3.00. The number of methoxy groups -OCH3 is 1. The van der Waals surface area contributed by atoms with Crippen LogP contribution in [0.2, 0.25) is 0 Å². The molecular formula is C33H30NO4P. The van der Waals surface area contributed by atoms with Crippen LogP contribution in [0.5, 0.6) is 5.75 Å². The molecule has 0 aliphatic rings. The second-order valence-electron chi connectivity index (χ2n) is 9.09. The first-order valence-corrected chi connectivity index (χ1v) is 14.4. The third-order valence-electron chi connectivity index (χ3n) is 6.55. The molecule has 6 heteroatoms. The Morgan fingerprint density at radius 2 is 1.23 bits per heavy atom. The molecule has 0 saturated carbocycles. The molecule has 0 fully saturated rings. The Balaban J connectivity index is 1.74. The molecule has 1 atom stereocenters. The molecule has 0 spiro atoms. The molecule has 0 unspecified atom stereocenters. The van der Waals surface area contributed by atoms with Crippen molar-refractivity contribution in [3.05, 3.63) is 132 Å². The number of rotatable bonds is 10. The highest BCUT2D eigenvalue weighted by Gasteiger charge is 2.35. The van der Waals surface area contributed by atoms with Crippen LogP contribution >= 0.6 is 6.89 Å². The highest BCUT2D eigenvalue weighted by atomic mass is 31.2. The Morgan fingerprint density at radius 3 is 1.64 bits per heavy atom. The number of hydrogen-bond donors (Lipinski definition) is 0. The molecule has 5 nitrogen and oxygen atoms in total. The van der Waals surface area contributed by atoms with Crippen molar-refractivity contribution in [3.8, 4) is 5.75 Å². The van der Waals surface area contributed by atoms with Gasteiger partial charge in [0.05, 0.1) is 20.1 Å². The molecule has 0 N–H and O–H groups in total. The number of carbonyl (C=O) groups excluding carboxylic acids is 2. The van der Waals surface area contributed by atoms with Crippen LogP contribution in [-0.4, -0.2) is 24.3 Å². The van der Waals surface area contributed by atoms with E-state index in [1.54, 1.807) is 26.2 Å². The van der Waals surface area contributed by atoms with Gasteiger partial charge >= 0.3 is 5.97 Å². The molecule has 0 aromatic heterocycles. The van der Waals surface area contributed by atoms with Crippen molar-refractivity contribution in [2.45, 2.75) is 20.0 Å². The van der Waals surface area contributed by atoms with Crippen LogP contribution in [-0.2, 0) is 20.9 Å². The fourth-order valence-corrected chi connectivity index (χ4v) is 8.76. The summed E-state index contributed by atoms with van der Waals surface area (Å²) in [6.45, 7) is 7.21. The van der Waals surface area contributed by atoms with Crippen molar-refractivity contribution in [3.63, 3.8) is 0 Å². The van der Waals surface area contributed by atoms with Gasteiger partial charge in [0.15, 0.2) is 5.78 Å². The Hall–Kier alpha value is -4.39. The molecule has 0 bridgehead atoms. The topological polar surface area (TPSA) is 57.0 Å². The maximum absolute atomic E-state index is 14.1. The van der Waals surface area contributed by atoms with Crippen LogP contribution in [0.25, 0.3) is 4.85 Å². The summed E-state index contributed by atoms with van der Waals surface area (Å²) in [5, 5.41) is 2.74. The number of benzene rings is 4. The van der Waals surface area contributed by atoms with E-state index >= 15 is 0 Å². The zero-order valence-electron chi connectivity index (χ0n) is 22.0. The lowest BCUT2D eigenvalue weighted by molar-refractivity contribution is -0.147. The highest BCUT2D eigenvalue weighted by molar-refractivity contribution is 7.96. The van der Waals surface area contributed by atoms with E-state index in [1.807, 2.05) is 103 Å². The molecule has 4 aromatic carbocycles. The predicted octanol–water partition coefficient (Wildman–Crippen LogP) is 5.38. The molecule has 0 aliphatic heterocycles.